The monoisotopic (exact) mass is 290 g/mol. The number of benzene rings is 1. The minimum Gasteiger partial charge on any atom is -0.497 e. The van der Waals surface area contributed by atoms with Crippen molar-refractivity contribution in [2.75, 3.05) is 32.1 Å². The second-order valence-electron chi connectivity index (χ2n) is 4.81. The van der Waals surface area contributed by atoms with Gasteiger partial charge in [0, 0.05) is 48.2 Å². The maximum Gasteiger partial charge on any atom is 0.120 e. The highest BCUT2D eigenvalue weighted by Gasteiger charge is 2.02. The molecule has 1 aromatic heterocycles. The van der Waals surface area contributed by atoms with Gasteiger partial charge in [0.2, 0.25) is 0 Å². The van der Waals surface area contributed by atoms with Crippen molar-refractivity contribution < 1.29 is 4.74 Å². The molecule has 1 heterocycles. The van der Waals surface area contributed by atoms with E-state index in [1.54, 1.807) is 7.11 Å². The molecule has 0 aliphatic carbocycles. The Morgan fingerprint density at radius 3 is 2.80 bits per heavy atom. The Balaban J connectivity index is 1.75. The lowest BCUT2D eigenvalue weighted by atomic mass is 10.3. The van der Waals surface area contributed by atoms with Gasteiger partial charge in [-0.3, -0.25) is 0 Å². The van der Waals surface area contributed by atoms with E-state index >= 15 is 0 Å². The topological polar surface area (TPSA) is 24.5 Å². The lowest BCUT2D eigenvalue weighted by Crippen LogP contribution is -2.28. The molecule has 108 valence electrons. The third kappa shape index (κ3) is 4.25. The fourth-order valence-corrected chi connectivity index (χ4v) is 2.88. The number of nitrogens with one attached hydrogen (secondary N) is 1. The van der Waals surface area contributed by atoms with Crippen LogP contribution in [0, 0.1) is 6.92 Å². The zero-order chi connectivity index (χ0) is 14.4. The number of likely N-dealkylation sites (N-methyl/N-ethyl adjacent to an activating group) is 1. The van der Waals surface area contributed by atoms with Crippen molar-refractivity contribution in [2.24, 2.45) is 0 Å². The quantitative estimate of drug-likeness (QED) is 0.792. The van der Waals surface area contributed by atoms with Gasteiger partial charge >= 0.3 is 0 Å². The van der Waals surface area contributed by atoms with Gasteiger partial charge in [-0.2, -0.15) is 0 Å². The van der Waals surface area contributed by atoms with Crippen LogP contribution in [-0.4, -0.2) is 27.2 Å². The van der Waals surface area contributed by atoms with Crippen LogP contribution in [0.4, 0.5) is 5.69 Å². The third-order valence-corrected chi connectivity index (χ3v) is 4.21. The van der Waals surface area contributed by atoms with Crippen LogP contribution in [0.5, 0.6) is 5.75 Å². The van der Waals surface area contributed by atoms with Crippen molar-refractivity contribution in [3.05, 3.63) is 46.2 Å². The number of rotatable bonds is 7. The Kier molecular flexibility index (Phi) is 5.44. The van der Waals surface area contributed by atoms with Gasteiger partial charge in [-0.1, -0.05) is 6.07 Å². The van der Waals surface area contributed by atoms with Gasteiger partial charge in [0.25, 0.3) is 0 Å². The van der Waals surface area contributed by atoms with E-state index in [-0.39, 0.29) is 0 Å². The van der Waals surface area contributed by atoms with Gasteiger partial charge in [0.15, 0.2) is 0 Å². The summed E-state index contributed by atoms with van der Waals surface area (Å²) in [6.07, 6.45) is 0. The average Bonchev–Trinajstić information content (AvgIpc) is 2.89. The Labute approximate surface area is 125 Å². The van der Waals surface area contributed by atoms with Crippen molar-refractivity contribution in [1.82, 2.24) is 5.32 Å². The molecule has 0 aliphatic heterocycles. The highest BCUT2D eigenvalue weighted by Crippen LogP contribution is 2.19. The Morgan fingerprint density at radius 2 is 2.10 bits per heavy atom. The van der Waals surface area contributed by atoms with Gasteiger partial charge in [-0.15, -0.1) is 11.3 Å². The summed E-state index contributed by atoms with van der Waals surface area (Å²) in [5.74, 6) is 0.899. The van der Waals surface area contributed by atoms with E-state index in [0.29, 0.717) is 0 Å². The Morgan fingerprint density at radius 1 is 1.25 bits per heavy atom. The summed E-state index contributed by atoms with van der Waals surface area (Å²) in [5, 5.41) is 3.48. The number of aryl methyl sites for hydroxylation is 1. The molecule has 0 spiro atoms. The van der Waals surface area contributed by atoms with Gasteiger partial charge in [-0.25, -0.2) is 0 Å². The van der Waals surface area contributed by atoms with Gasteiger partial charge in [-0.05, 0) is 31.2 Å². The molecule has 1 N–H and O–H groups in total. The molecule has 0 saturated heterocycles. The molecular formula is C16H22N2OS. The van der Waals surface area contributed by atoms with E-state index in [0.717, 1.165) is 25.4 Å². The van der Waals surface area contributed by atoms with Crippen LogP contribution in [0.1, 0.15) is 9.75 Å². The number of methoxy groups -OCH3 is 1. The Hall–Kier alpha value is -1.52. The molecule has 4 heteroatoms. The number of ether oxygens (including phenoxy) is 1. The van der Waals surface area contributed by atoms with Crippen LogP contribution in [0.25, 0.3) is 0 Å². The normalized spacial score (nSPS) is 10.6. The van der Waals surface area contributed by atoms with Crippen LogP contribution in [0.2, 0.25) is 0 Å². The van der Waals surface area contributed by atoms with E-state index in [4.69, 9.17) is 4.74 Å². The van der Waals surface area contributed by atoms with E-state index in [1.165, 1.54) is 15.4 Å². The predicted molar refractivity (Wildman–Crippen MR) is 87.0 cm³/mol. The third-order valence-electron chi connectivity index (χ3n) is 3.21. The van der Waals surface area contributed by atoms with Crippen molar-refractivity contribution >= 4 is 17.0 Å². The van der Waals surface area contributed by atoms with Gasteiger partial charge in [0.1, 0.15) is 5.75 Å². The summed E-state index contributed by atoms with van der Waals surface area (Å²) in [7, 11) is 3.80. The molecule has 1 aromatic carbocycles. The van der Waals surface area contributed by atoms with Crippen LogP contribution in [0.3, 0.4) is 0 Å². The van der Waals surface area contributed by atoms with Gasteiger partial charge < -0.3 is 15.0 Å². The summed E-state index contributed by atoms with van der Waals surface area (Å²) in [6, 6.07) is 12.5. The second kappa shape index (κ2) is 7.31. The molecule has 0 amide bonds. The SMILES string of the molecule is COc1cccc(N(C)CCNCc2ccc(C)s2)c1. The summed E-state index contributed by atoms with van der Waals surface area (Å²) in [6.45, 7) is 5.03. The fraction of sp³-hybridized carbons (Fsp3) is 0.375. The molecule has 0 aliphatic rings. The summed E-state index contributed by atoms with van der Waals surface area (Å²) < 4.78 is 5.25. The van der Waals surface area contributed by atoms with Crippen molar-refractivity contribution in [2.45, 2.75) is 13.5 Å². The molecule has 2 rings (SSSR count). The molecule has 0 saturated carbocycles. The van der Waals surface area contributed by atoms with Crippen LogP contribution >= 0.6 is 11.3 Å². The first-order chi connectivity index (χ1) is 9.69. The zero-order valence-corrected chi connectivity index (χ0v) is 13.2. The lowest BCUT2D eigenvalue weighted by Gasteiger charge is -2.20. The first-order valence-electron chi connectivity index (χ1n) is 6.80. The smallest absolute Gasteiger partial charge is 0.120 e. The highest BCUT2D eigenvalue weighted by atomic mass is 32.1. The molecule has 20 heavy (non-hydrogen) atoms. The van der Waals surface area contributed by atoms with E-state index in [9.17, 15) is 0 Å². The number of thiophene rings is 1. The van der Waals surface area contributed by atoms with Crippen molar-refractivity contribution in [1.29, 1.82) is 0 Å². The summed E-state index contributed by atoms with van der Waals surface area (Å²) >= 11 is 1.86. The average molecular weight is 290 g/mol. The first-order valence-corrected chi connectivity index (χ1v) is 7.62. The maximum absolute atomic E-state index is 5.25. The number of nitrogens with zero attached hydrogens (tertiary/aromatic N) is 1. The molecular weight excluding hydrogens is 268 g/mol. The fourth-order valence-electron chi connectivity index (χ4n) is 2.02. The van der Waals surface area contributed by atoms with Crippen LogP contribution < -0.4 is 15.0 Å². The van der Waals surface area contributed by atoms with Crippen molar-refractivity contribution in [3.8, 4) is 5.75 Å². The highest BCUT2D eigenvalue weighted by molar-refractivity contribution is 7.11. The minimum atomic E-state index is 0.899. The zero-order valence-electron chi connectivity index (χ0n) is 12.3. The molecule has 0 atom stereocenters. The molecule has 2 aromatic rings. The lowest BCUT2D eigenvalue weighted by molar-refractivity contribution is 0.415. The standard InChI is InChI=1S/C16H22N2OS/c1-13-7-8-16(20-13)12-17-9-10-18(2)14-5-4-6-15(11-14)19-3/h4-8,11,17H,9-10,12H2,1-3H3. The number of anilines is 1. The molecule has 0 bridgehead atoms. The molecule has 0 radical (unpaired) electrons. The largest absolute Gasteiger partial charge is 0.497 e. The molecule has 0 unspecified atom stereocenters. The second-order valence-corrected chi connectivity index (χ2v) is 6.18. The maximum atomic E-state index is 5.25. The summed E-state index contributed by atoms with van der Waals surface area (Å²) in [5.41, 5.74) is 1.18. The minimum absolute atomic E-state index is 0.899. The van der Waals surface area contributed by atoms with E-state index in [2.05, 4.69) is 48.5 Å². The van der Waals surface area contributed by atoms with E-state index < -0.39 is 0 Å². The first kappa shape index (κ1) is 14.9. The van der Waals surface area contributed by atoms with Gasteiger partial charge in [0.05, 0.1) is 7.11 Å². The Bertz CT molecular complexity index is 539. The molecule has 0 fully saturated rings. The van der Waals surface area contributed by atoms with Crippen LogP contribution in [-0.2, 0) is 6.54 Å². The summed E-state index contributed by atoms with van der Waals surface area (Å²) in [4.78, 5) is 5.00. The van der Waals surface area contributed by atoms with E-state index in [1.807, 2.05) is 23.5 Å². The predicted octanol–water partition coefficient (Wildman–Crippen LogP) is 3.29. The molecule has 3 nitrogen and oxygen atoms in total. The number of hydrogen-bond acceptors (Lipinski definition) is 4. The van der Waals surface area contributed by atoms with Crippen molar-refractivity contribution in [3.63, 3.8) is 0 Å². The number of hydrogen-bond donors (Lipinski definition) is 1. The van der Waals surface area contributed by atoms with Crippen LogP contribution in [0.15, 0.2) is 36.4 Å².